The molecule has 0 aromatic heterocycles. The summed E-state index contributed by atoms with van der Waals surface area (Å²) >= 11 is 5.89. The first-order valence-electron chi connectivity index (χ1n) is 8.66. The van der Waals surface area contributed by atoms with Gasteiger partial charge < -0.3 is 15.4 Å². The number of hydrogen-bond acceptors (Lipinski definition) is 3. The van der Waals surface area contributed by atoms with Gasteiger partial charge in [0, 0.05) is 23.3 Å². The van der Waals surface area contributed by atoms with Gasteiger partial charge in [-0.25, -0.2) is 0 Å². The molecule has 28 heavy (non-hydrogen) atoms. The molecule has 0 radical (unpaired) electrons. The number of rotatable bonds is 6. The molecule has 0 aliphatic rings. The Balaban J connectivity index is 1.68. The molecular formula is C22H19ClN2O3. The number of benzene rings is 3. The average molecular weight is 395 g/mol. The molecule has 0 aliphatic heterocycles. The fourth-order valence-electron chi connectivity index (χ4n) is 2.56. The maximum atomic E-state index is 12.7. The number of amides is 2. The third kappa shape index (κ3) is 5.34. The lowest BCUT2D eigenvalue weighted by atomic mass is 10.1. The van der Waals surface area contributed by atoms with Crippen molar-refractivity contribution in [1.29, 1.82) is 0 Å². The van der Waals surface area contributed by atoms with Crippen molar-refractivity contribution in [3.05, 3.63) is 88.9 Å². The fourth-order valence-corrected chi connectivity index (χ4v) is 2.69. The number of carbonyl (C=O) groups is 2. The molecule has 6 heteroatoms. The van der Waals surface area contributed by atoms with Crippen molar-refractivity contribution < 1.29 is 14.3 Å². The summed E-state index contributed by atoms with van der Waals surface area (Å²) in [7, 11) is 0. The monoisotopic (exact) mass is 394 g/mol. The zero-order valence-corrected chi connectivity index (χ0v) is 16.0. The van der Waals surface area contributed by atoms with Crippen LogP contribution in [0.5, 0.6) is 5.75 Å². The molecule has 3 aromatic rings. The molecule has 3 aromatic carbocycles. The number of halogens is 1. The molecule has 0 fully saturated rings. The van der Waals surface area contributed by atoms with E-state index in [0.29, 0.717) is 34.3 Å². The topological polar surface area (TPSA) is 67.4 Å². The molecule has 0 atom stereocenters. The van der Waals surface area contributed by atoms with Gasteiger partial charge in [-0.3, -0.25) is 9.59 Å². The highest BCUT2D eigenvalue weighted by Crippen LogP contribution is 2.22. The van der Waals surface area contributed by atoms with Crippen LogP contribution in [0.15, 0.2) is 72.8 Å². The second-order valence-electron chi connectivity index (χ2n) is 6.12. The van der Waals surface area contributed by atoms with Crippen molar-refractivity contribution in [2.45, 2.75) is 13.5 Å². The van der Waals surface area contributed by atoms with Crippen molar-refractivity contribution in [2.75, 3.05) is 10.6 Å². The number of nitrogens with one attached hydrogen (secondary N) is 2. The summed E-state index contributed by atoms with van der Waals surface area (Å²) in [6.07, 6.45) is 0. The molecule has 0 bridgehead atoms. The van der Waals surface area contributed by atoms with Gasteiger partial charge in [0.15, 0.2) is 0 Å². The van der Waals surface area contributed by atoms with E-state index in [1.54, 1.807) is 54.6 Å². The van der Waals surface area contributed by atoms with E-state index in [1.807, 2.05) is 18.2 Å². The number of para-hydroxylation sites is 1. The minimum atomic E-state index is -0.279. The van der Waals surface area contributed by atoms with Crippen LogP contribution in [0.25, 0.3) is 0 Å². The van der Waals surface area contributed by atoms with Crippen LogP contribution in [0.4, 0.5) is 11.4 Å². The van der Waals surface area contributed by atoms with Crippen molar-refractivity contribution in [2.24, 2.45) is 0 Å². The largest absolute Gasteiger partial charge is 0.488 e. The summed E-state index contributed by atoms with van der Waals surface area (Å²) < 4.78 is 5.83. The van der Waals surface area contributed by atoms with Gasteiger partial charge in [-0.1, -0.05) is 35.9 Å². The zero-order valence-electron chi connectivity index (χ0n) is 15.2. The van der Waals surface area contributed by atoms with Gasteiger partial charge in [-0.05, 0) is 54.1 Å². The Kier molecular flexibility index (Phi) is 6.29. The Hall–Kier alpha value is -3.31. The lowest BCUT2D eigenvalue weighted by Crippen LogP contribution is -2.14. The summed E-state index contributed by atoms with van der Waals surface area (Å²) in [5.74, 6) is 0.0624. The fraction of sp³-hybridized carbons (Fsp3) is 0.0909. The van der Waals surface area contributed by atoms with Gasteiger partial charge in [-0.2, -0.15) is 0 Å². The molecule has 0 saturated carbocycles. The van der Waals surface area contributed by atoms with E-state index in [9.17, 15) is 9.59 Å². The second-order valence-corrected chi connectivity index (χ2v) is 6.56. The van der Waals surface area contributed by atoms with Crippen LogP contribution in [-0.2, 0) is 11.4 Å². The Labute approximate surface area is 168 Å². The molecule has 2 N–H and O–H groups in total. The van der Waals surface area contributed by atoms with E-state index in [-0.39, 0.29) is 11.8 Å². The van der Waals surface area contributed by atoms with Gasteiger partial charge in [0.05, 0.1) is 5.56 Å². The van der Waals surface area contributed by atoms with Crippen molar-refractivity contribution >= 4 is 34.8 Å². The molecule has 2 amide bonds. The van der Waals surface area contributed by atoms with Gasteiger partial charge in [0.2, 0.25) is 5.91 Å². The Morgan fingerprint density at radius 1 is 0.857 bits per heavy atom. The standard InChI is InChI=1S/C22H19ClN2O3/c1-15(26)24-18-10-12-19(13-11-18)25-22(27)20-4-2-3-5-21(20)28-14-16-6-8-17(23)9-7-16/h2-13H,14H2,1H3,(H,24,26)(H,25,27). The van der Waals surface area contributed by atoms with Crippen molar-refractivity contribution in [3.63, 3.8) is 0 Å². The maximum Gasteiger partial charge on any atom is 0.259 e. The molecular weight excluding hydrogens is 376 g/mol. The predicted octanol–water partition coefficient (Wildman–Crippen LogP) is 5.13. The van der Waals surface area contributed by atoms with Crippen molar-refractivity contribution in [3.8, 4) is 5.75 Å². The van der Waals surface area contributed by atoms with Crippen molar-refractivity contribution in [1.82, 2.24) is 0 Å². The quantitative estimate of drug-likeness (QED) is 0.609. The highest BCUT2D eigenvalue weighted by atomic mass is 35.5. The van der Waals surface area contributed by atoms with E-state index >= 15 is 0 Å². The first kappa shape index (κ1) is 19.5. The number of carbonyl (C=O) groups excluding carboxylic acids is 2. The van der Waals surface area contributed by atoms with Gasteiger partial charge in [0.25, 0.3) is 5.91 Å². The minimum Gasteiger partial charge on any atom is -0.488 e. The normalized spacial score (nSPS) is 10.2. The molecule has 142 valence electrons. The molecule has 0 heterocycles. The lowest BCUT2D eigenvalue weighted by Gasteiger charge is -2.12. The van der Waals surface area contributed by atoms with E-state index in [2.05, 4.69) is 10.6 Å². The molecule has 0 unspecified atom stereocenters. The van der Waals surface area contributed by atoms with Gasteiger partial charge in [-0.15, -0.1) is 0 Å². The zero-order chi connectivity index (χ0) is 19.9. The summed E-state index contributed by atoms with van der Waals surface area (Å²) in [4.78, 5) is 23.8. The van der Waals surface area contributed by atoms with E-state index in [4.69, 9.17) is 16.3 Å². The second kappa shape index (κ2) is 9.06. The van der Waals surface area contributed by atoms with E-state index < -0.39 is 0 Å². The average Bonchev–Trinajstić information content (AvgIpc) is 2.69. The number of hydrogen-bond donors (Lipinski definition) is 2. The van der Waals surface area contributed by atoms with Crippen LogP contribution in [-0.4, -0.2) is 11.8 Å². The Bertz CT molecular complexity index is 970. The highest BCUT2D eigenvalue weighted by molar-refractivity contribution is 6.30. The first-order valence-corrected chi connectivity index (χ1v) is 9.04. The maximum absolute atomic E-state index is 12.7. The van der Waals surface area contributed by atoms with Crippen LogP contribution in [0.2, 0.25) is 5.02 Å². The summed E-state index contributed by atoms with van der Waals surface area (Å²) in [5, 5.41) is 6.18. The molecule has 5 nitrogen and oxygen atoms in total. The van der Waals surface area contributed by atoms with Crippen LogP contribution in [0.3, 0.4) is 0 Å². The summed E-state index contributed by atoms with van der Waals surface area (Å²) in [6, 6.07) is 21.3. The predicted molar refractivity (Wildman–Crippen MR) is 111 cm³/mol. The van der Waals surface area contributed by atoms with Crippen LogP contribution < -0.4 is 15.4 Å². The first-order chi connectivity index (χ1) is 13.5. The summed E-state index contributed by atoms with van der Waals surface area (Å²) in [5.41, 5.74) is 2.67. The lowest BCUT2D eigenvalue weighted by molar-refractivity contribution is -0.114. The summed E-state index contributed by atoms with van der Waals surface area (Å²) in [6.45, 7) is 1.77. The van der Waals surface area contributed by atoms with Crippen LogP contribution in [0, 0.1) is 0 Å². The third-order valence-corrected chi connectivity index (χ3v) is 4.15. The molecule has 3 rings (SSSR count). The van der Waals surface area contributed by atoms with E-state index in [1.165, 1.54) is 6.92 Å². The third-order valence-electron chi connectivity index (χ3n) is 3.90. The van der Waals surface area contributed by atoms with E-state index in [0.717, 1.165) is 5.56 Å². The van der Waals surface area contributed by atoms with Gasteiger partial charge in [0.1, 0.15) is 12.4 Å². The Morgan fingerprint density at radius 3 is 2.11 bits per heavy atom. The molecule has 0 aliphatic carbocycles. The number of ether oxygens (including phenoxy) is 1. The Morgan fingerprint density at radius 2 is 1.46 bits per heavy atom. The molecule has 0 spiro atoms. The molecule has 0 saturated heterocycles. The highest BCUT2D eigenvalue weighted by Gasteiger charge is 2.12. The smallest absolute Gasteiger partial charge is 0.259 e. The minimum absolute atomic E-state index is 0.149. The SMILES string of the molecule is CC(=O)Nc1ccc(NC(=O)c2ccccc2OCc2ccc(Cl)cc2)cc1. The number of anilines is 2. The van der Waals surface area contributed by atoms with Gasteiger partial charge >= 0.3 is 0 Å². The van der Waals surface area contributed by atoms with Crippen LogP contribution >= 0.6 is 11.6 Å². The van der Waals surface area contributed by atoms with Crippen LogP contribution in [0.1, 0.15) is 22.8 Å².